The molecule has 0 aromatic carbocycles. The number of hydrogen-bond acceptors (Lipinski definition) is 1. The monoisotopic (exact) mass is 185 g/mol. The van der Waals surface area contributed by atoms with Crippen LogP contribution in [-0.4, -0.2) is 12.5 Å². The number of carbonyl (C=O) groups is 1. The Hall–Kier alpha value is -0.530. The maximum absolute atomic E-state index is 11.1. The van der Waals surface area contributed by atoms with Crippen molar-refractivity contribution in [2.75, 3.05) is 6.54 Å². The first kappa shape index (κ1) is 12.5. The van der Waals surface area contributed by atoms with Gasteiger partial charge in [-0.15, -0.1) is 0 Å². The lowest BCUT2D eigenvalue weighted by atomic mass is 10.1. The van der Waals surface area contributed by atoms with E-state index in [0.29, 0.717) is 0 Å². The van der Waals surface area contributed by atoms with Crippen LogP contribution in [0.25, 0.3) is 0 Å². The molecule has 0 aromatic rings. The van der Waals surface area contributed by atoms with Crippen LogP contribution in [0.4, 0.5) is 0 Å². The molecule has 0 saturated carbocycles. The number of rotatable bonds is 7. The molecule has 0 rings (SSSR count). The minimum atomic E-state index is 0.121. The van der Waals surface area contributed by atoms with Gasteiger partial charge < -0.3 is 5.32 Å². The molecule has 0 atom stereocenters. The van der Waals surface area contributed by atoms with E-state index in [0.717, 1.165) is 13.0 Å². The first-order chi connectivity index (χ1) is 6.18. The van der Waals surface area contributed by atoms with Crippen LogP contribution in [0.1, 0.15) is 52.9 Å². The summed E-state index contributed by atoms with van der Waals surface area (Å²) in [6.45, 7) is 6.90. The van der Waals surface area contributed by atoms with Crippen molar-refractivity contribution in [1.82, 2.24) is 5.32 Å². The third kappa shape index (κ3) is 7.82. The average Bonchev–Trinajstić information content (AvgIpc) is 2.10. The topological polar surface area (TPSA) is 29.1 Å². The normalized spacial score (nSPS) is 10.5. The third-order valence-electron chi connectivity index (χ3n) is 2.10. The third-order valence-corrected chi connectivity index (χ3v) is 2.10. The lowest BCUT2D eigenvalue weighted by molar-refractivity contribution is -0.123. The maximum Gasteiger partial charge on any atom is 0.222 e. The second-order valence-corrected chi connectivity index (χ2v) is 3.86. The molecule has 0 spiro atoms. The smallest absolute Gasteiger partial charge is 0.222 e. The van der Waals surface area contributed by atoms with Crippen LogP contribution in [0.15, 0.2) is 0 Å². The second kappa shape index (κ2) is 8.09. The fourth-order valence-corrected chi connectivity index (χ4v) is 1.14. The molecule has 0 radical (unpaired) electrons. The predicted octanol–water partition coefficient (Wildman–Crippen LogP) is 2.73. The Balaban J connectivity index is 3.12. The zero-order chi connectivity index (χ0) is 10.1. The molecule has 0 unspecified atom stereocenters. The van der Waals surface area contributed by atoms with Gasteiger partial charge in [-0.05, 0) is 6.42 Å². The van der Waals surface area contributed by atoms with Gasteiger partial charge in [0.05, 0.1) is 0 Å². The Morgan fingerprint density at radius 1 is 1.15 bits per heavy atom. The molecule has 0 aromatic heterocycles. The van der Waals surface area contributed by atoms with E-state index >= 15 is 0 Å². The van der Waals surface area contributed by atoms with Crippen molar-refractivity contribution in [3.63, 3.8) is 0 Å². The number of amides is 1. The number of carbonyl (C=O) groups excluding carboxylic acids is 1. The molecule has 1 amide bonds. The summed E-state index contributed by atoms with van der Waals surface area (Å²) in [6, 6.07) is 0. The van der Waals surface area contributed by atoms with Crippen LogP contribution < -0.4 is 5.32 Å². The molecule has 0 fully saturated rings. The fraction of sp³-hybridized carbons (Fsp3) is 0.909. The zero-order valence-corrected chi connectivity index (χ0v) is 9.23. The Labute approximate surface area is 82.1 Å². The largest absolute Gasteiger partial charge is 0.356 e. The van der Waals surface area contributed by atoms with Crippen LogP contribution in [0, 0.1) is 5.92 Å². The standard InChI is InChI=1S/C11H23NO/c1-4-5-6-7-8-9-12-11(13)10(2)3/h10H,4-9H2,1-3H3,(H,12,13). The van der Waals surface area contributed by atoms with E-state index in [9.17, 15) is 4.79 Å². The van der Waals surface area contributed by atoms with E-state index in [2.05, 4.69) is 12.2 Å². The lowest BCUT2D eigenvalue weighted by Gasteiger charge is -2.06. The quantitative estimate of drug-likeness (QED) is 0.607. The minimum absolute atomic E-state index is 0.121. The molecular formula is C11H23NO. The summed E-state index contributed by atoms with van der Waals surface area (Å²) in [6.07, 6.45) is 6.26. The highest BCUT2D eigenvalue weighted by molar-refractivity contribution is 5.77. The highest BCUT2D eigenvalue weighted by Crippen LogP contribution is 2.01. The van der Waals surface area contributed by atoms with Crippen molar-refractivity contribution in [3.8, 4) is 0 Å². The second-order valence-electron chi connectivity index (χ2n) is 3.86. The van der Waals surface area contributed by atoms with Crippen molar-refractivity contribution in [3.05, 3.63) is 0 Å². The van der Waals surface area contributed by atoms with Crippen molar-refractivity contribution < 1.29 is 4.79 Å². The van der Waals surface area contributed by atoms with Crippen LogP contribution >= 0.6 is 0 Å². The van der Waals surface area contributed by atoms with E-state index in [4.69, 9.17) is 0 Å². The van der Waals surface area contributed by atoms with Gasteiger partial charge in [0, 0.05) is 12.5 Å². The van der Waals surface area contributed by atoms with E-state index in [1.165, 1.54) is 25.7 Å². The summed E-state index contributed by atoms with van der Waals surface area (Å²) in [5.74, 6) is 0.297. The number of nitrogens with one attached hydrogen (secondary N) is 1. The van der Waals surface area contributed by atoms with Crippen LogP contribution in [-0.2, 0) is 4.79 Å². The molecule has 0 aliphatic heterocycles. The zero-order valence-electron chi connectivity index (χ0n) is 9.23. The van der Waals surface area contributed by atoms with Gasteiger partial charge in [0.25, 0.3) is 0 Å². The number of unbranched alkanes of at least 4 members (excludes halogenated alkanes) is 4. The van der Waals surface area contributed by atoms with Crippen LogP contribution in [0.3, 0.4) is 0 Å². The maximum atomic E-state index is 11.1. The molecule has 0 heterocycles. The molecule has 1 N–H and O–H groups in total. The Morgan fingerprint density at radius 2 is 1.77 bits per heavy atom. The molecule has 78 valence electrons. The van der Waals surface area contributed by atoms with Gasteiger partial charge >= 0.3 is 0 Å². The van der Waals surface area contributed by atoms with Gasteiger partial charge in [-0.3, -0.25) is 4.79 Å². The molecule has 0 aliphatic carbocycles. The predicted molar refractivity (Wildman–Crippen MR) is 56.6 cm³/mol. The van der Waals surface area contributed by atoms with E-state index < -0.39 is 0 Å². The summed E-state index contributed by atoms with van der Waals surface area (Å²) in [5, 5.41) is 2.92. The van der Waals surface area contributed by atoms with Crippen molar-refractivity contribution in [2.24, 2.45) is 5.92 Å². The van der Waals surface area contributed by atoms with Gasteiger partial charge in [0.2, 0.25) is 5.91 Å². The van der Waals surface area contributed by atoms with E-state index in [1.54, 1.807) is 0 Å². The number of hydrogen-bond donors (Lipinski definition) is 1. The molecule has 2 heteroatoms. The summed E-state index contributed by atoms with van der Waals surface area (Å²) in [4.78, 5) is 11.1. The first-order valence-electron chi connectivity index (χ1n) is 5.46. The molecule has 2 nitrogen and oxygen atoms in total. The highest BCUT2D eigenvalue weighted by atomic mass is 16.1. The fourth-order valence-electron chi connectivity index (χ4n) is 1.14. The van der Waals surface area contributed by atoms with Crippen molar-refractivity contribution >= 4 is 5.91 Å². The Morgan fingerprint density at radius 3 is 2.31 bits per heavy atom. The van der Waals surface area contributed by atoms with Gasteiger partial charge in [-0.2, -0.15) is 0 Å². The Kier molecular flexibility index (Phi) is 7.76. The SMILES string of the molecule is CCCCCCCNC(=O)C(C)C. The van der Waals surface area contributed by atoms with Crippen molar-refractivity contribution in [2.45, 2.75) is 52.9 Å². The summed E-state index contributed by atoms with van der Waals surface area (Å²) >= 11 is 0. The lowest BCUT2D eigenvalue weighted by Crippen LogP contribution is -2.28. The van der Waals surface area contributed by atoms with Gasteiger partial charge in [-0.25, -0.2) is 0 Å². The Bertz CT molecular complexity index is 132. The van der Waals surface area contributed by atoms with Crippen LogP contribution in [0.2, 0.25) is 0 Å². The van der Waals surface area contributed by atoms with Crippen molar-refractivity contribution in [1.29, 1.82) is 0 Å². The first-order valence-corrected chi connectivity index (χ1v) is 5.46. The summed E-state index contributed by atoms with van der Waals surface area (Å²) in [7, 11) is 0. The van der Waals surface area contributed by atoms with Gasteiger partial charge in [0.1, 0.15) is 0 Å². The average molecular weight is 185 g/mol. The van der Waals surface area contributed by atoms with E-state index in [1.807, 2.05) is 13.8 Å². The molecule has 0 bridgehead atoms. The van der Waals surface area contributed by atoms with Crippen LogP contribution in [0.5, 0.6) is 0 Å². The molecule has 0 saturated heterocycles. The minimum Gasteiger partial charge on any atom is -0.356 e. The molecule has 13 heavy (non-hydrogen) atoms. The highest BCUT2D eigenvalue weighted by Gasteiger charge is 2.04. The van der Waals surface area contributed by atoms with E-state index in [-0.39, 0.29) is 11.8 Å². The molecular weight excluding hydrogens is 162 g/mol. The molecule has 0 aliphatic rings. The van der Waals surface area contributed by atoms with Gasteiger partial charge in [-0.1, -0.05) is 46.5 Å². The summed E-state index contributed by atoms with van der Waals surface area (Å²) < 4.78 is 0. The summed E-state index contributed by atoms with van der Waals surface area (Å²) in [5.41, 5.74) is 0. The van der Waals surface area contributed by atoms with Gasteiger partial charge in [0.15, 0.2) is 0 Å².